The Hall–Kier alpha value is -1.39. The van der Waals surface area contributed by atoms with Crippen LogP contribution in [0.1, 0.15) is 16.7 Å². The predicted molar refractivity (Wildman–Crippen MR) is 68.5 cm³/mol. The molecule has 0 spiro atoms. The Morgan fingerprint density at radius 2 is 2.17 bits per heavy atom. The van der Waals surface area contributed by atoms with E-state index in [1.807, 2.05) is 0 Å². The summed E-state index contributed by atoms with van der Waals surface area (Å²) in [7, 11) is 0. The van der Waals surface area contributed by atoms with Crippen LogP contribution in [0.15, 0.2) is 18.2 Å². The highest BCUT2D eigenvalue weighted by molar-refractivity contribution is 5.76. The van der Waals surface area contributed by atoms with Crippen molar-refractivity contribution in [1.82, 2.24) is 5.32 Å². The Morgan fingerprint density at radius 1 is 1.44 bits per heavy atom. The fourth-order valence-electron chi connectivity index (χ4n) is 2.08. The zero-order valence-electron chi connectivity index (χ0n) is 10.8. The van der Waals surface area contributed by atoms with Gasteiger partial charge >= 0.3 is 5.97 Å². The lowest BCUT2D eigenvalue weighted by atomic mass is 9.86. The largest absolute Gasteiger partial charge is 0.481 e. The molecule has 2 rings (SSSR count). The third-order valence-corrected chi connectivity index (χ3v) is 3.49. The van der Waals surface area contributed by atoms with E-state index >= 15 is 0 Å². The summed E-state index contributed by atoms with van der Waals surface area (Å²) in [5.41, 5.74) is 2.94. The number of aryl methyl sites for hydroxylation is 2. The van der Waals surface area contributed by atoms with E-state index in [4.69, 9.17) is 9.84 Å². The van der Waals surface area contributed by atoms with Gasteiger partial charge in [-0.2, -0.15) is 0 Å². The summed E-state index contributed by atoms with van der Waals surface area (Å²) < 4.78 is 5.02. The van der Waals surface area contributed by atoms with E-state index < -0.39 is 11.4 Å². The topological polar surface area (TPSA) is 58.6 Å². The summed E-state index contributed by atoms with van der Waals surface area (Å²) in [5, 5.41) is 12.4. The van der Waals surface area contributed by atoms with Gasteiger partial charge in [-0.1, -0.05) is 23.8 Å². The standard InChI is InChI=1S/C14H19NO3/c1-10-3-4-11(2)12(5-10)6-15-7-14(13(16)17)8-18-9-14/h3-5,15H,6-9H2,1-2H3,(H,16,17). The Balaban J connectivity index is 1.92. The van der Waals surface area contributed by atoms with E-state index in [9.17, 15) is 4.79 Å². The van der Waals surface area contributed by atoms with Gasteiger partial charge in [-0.05, 0) is 25.0 Å². The van der Waals surface area contributed by atoms with Crippen molar-refractivity contribution in [2.45, 2.75) is 20.4 Å². The molecule has 0 amide bonds. The maximum atomic E-state index is 11.1. The Labute approximate surface area is 107 Å². The van der Waals surface area contributed by atoms with E-state index in [1.165, 1.54) is 16.7 Å². The first-order chi connectivity index (χ1) is 8.53. The molecule has 4 heteroatoms. The van der Waals surface area contributed by atoms with Crippen LogP contribution in [0.25, 0.3) is 0 Å². The summed E-state index contributed by atoms with van der Waals surface area (Å²) in [6, 6.07) is 6.30. The first kappa shape index (κ1) is 13.1. The van der Waals surface area contributed by atoms with E-state index in [0.717, 1.165) is 0 Å². The minimum Gasteiger partial charge on any atom is -0.481 e. The molecule has 0 saturated carbocycles. The van der Waals surface area contributed by atoms with Crippen molar-refractivity contribution in [2.75, 3.05) is 19.8 Å². The van der Waals surface area contributed by atoms with Gasteiger partial charge in [-0.15, -0.1) is 0 Å². The number of carboxylic acid groups (broad SMARTS) is 1. The smallest absolute Gasteiger partial charge is 0.315 e. The van der Waals surface area contributed by atoms with Crippen LogP contribution in [-0.2, 0) is 16.1 Å². The third-order valence-electron chi connectivity index (χ3n) is 3.49. The normalized spacial score (nSPS) is 17.2. The molecule has 1 heterocycles. The van der Waals surface area contributed by atoms with Crippen molar-refractivity contribution in [3.63, 3.8) is 0 Å². The second-order valence-electron chi connectivity index (χ2n) is 5.11. The first-order valence-corrected chi connectivity index (χ1v) is 6.11. The monoisotopic (exact) mass is 249 g/mol. The van der Waals surface area contributed by atoms with Crippen LogP contribution in [0.4, 0.5) is 0 Å². The Morgan fingerprint density at radius 3 is 2.72 bits per heavy atom. The molecular weight excluding hydrogens is 230 g/mol. The van der Waals surface area contributed by atoms with Gasteiger partial charge in [0.15, 0.2) is 0 Å². The number of carboxylic acids is 1. The van der Waals surface area contributed by atoms with Gasteiger partial charge in [0.1, 0.15) is 5.41 Å². The number of nitrogens with one attached hydrogen (secondary N) is 1. The highest BCUT2D eigenvalue weighted by Gasteiger charge is 2.45. The minimum absolute atomic E-state index is 0.308. The second-order valence-corrected chi connectivity index (χ2v) is 5.11. The number of benzene rings is 1. The van der Waals surface area contributed by atoms with Crippen molar-refractivity contribution in [3.8, 4) is 0 Å². The zero-order chi connectivity index (χ0) is 13.2. The maximum absolute atomic E-state index is 11.1. The lowest BCUT2D eigenvalue weighted by Crippen LogP contribution is -2.55. The predicted octanol–water partition coefficient (Wildman–Crippen LogP) is 1.49. The summed E-state index contributed by atoms with van der Waals surface area (Å²) in [4.78, 5) is 11.1. The van der Waals surface area contributed by atoms with Gasteiger partial charge in [-0.25, -0.2) is 0 Å². The average Bonchev–Trinajstić information content (AvgIpc) is 2.26. The van der Waals surface area contributed by atoms with E-state index in [-0.39, 0.29) is 0 Å². The number of aliphatic carboxylic acids is 1. The number of rotatable bonds is 5. The van der Waals surface area contributed by atoms with Crippen molar-refractivity contribution in [2.24, 2.45) is 5.41 Å². The molecule has 4 nitrogen and oxygen atoms in total. The molecule has 1 saturated heterocycles. The molecule has 1 aromatic carbocycles. The Kier molecular flexibility index (Phi) is 3.68. The van der Waals surface area contributed by atoms with Gasteiger partial charge in [0.2, 0.25) is 0 Å². The minimum atomic E-state index is -0.776. The molecular formula is C14H19NO3. The molecule has 0 aromatic heterocycles. The number of hydrogen-bond acceptors (Lipinski definition) is 3. The van der Waals surface area contributed by atoms with Crippen LogP contribution in [0.5, 0.6) is 0 Å². The SMILES string of the molecule is Cc1ccc(C)c(CNCC2(C(=O)O)COC2)c1. The van der Waals surface area contributed by atoms with Crippen molar-refractivity contribution in [1.29, 1.82) is 0 Å². The van der Waals surface area contributed by atoms with Crippen LogP contribution in [0.2, 0.25) is 0 Å². The van der Waals surface area contributed by atoms with E-state index in [2.05, 4.69) is 37.4 Å². The highest BCUT2D eigenvalue weighted by Crippen LogP contribution is 2.27. The highest BCUT2D eigenvalue weighted by atomic mass is 16.5. The Bertz CT molecular complexity index is 452. The zero-order valence-corrected chi connectivity index (χ0v) is 10.8. The molecule has 1 aliphatic rings. The van der Waals surface area contributed by atoms with Crippen LogP contribution < -0.4 is 5.32 Å². The summed E-state index contributed by atoms with van der Waals surface area (Å²) in [6.07, 6.45) is 0. The molecule has 0 unspecified atom stereocenters. The first-order valence-electron chi connectivity index (χ1n) is 6.11. The molecule has 2 N–H and O–H groups in total. The summed E-state index contributed by atoms with van der Waals surface area (Å²) in [5.74, 6) is -0.776. The molecule has 0 atom stereocenters. The fourth-order valence-corrected chi connectivity index (χ4v) is 2.08. The lowest BCUT2D eigenvalue weighted by molar-refractivity contribution is -0.178. The molecule has 1 fully saturated rings. The maximum Gasteiger partial charge on any atom is 0.315 e. The van der Waals surface area contributed by atoms with E-state index in [1.54, 1.807) is 0 Å². The summed E-state index contributed by atoms with van der Waals surface area (Å²) >= 11 is 0. The number of hydrogen-bond donors (Lipinski definition) is 2. The van der Waals surface area contributed by atoms with Crippen LogP contribution >= 0.6 is 0 Å². The molecule has 1 aromatic rings. The van der Waals surface area contributed by atoms with Crippen LogP contribution in [0.3, 0.4) is 0 Å². The molecule has 0 aliphatic carbocycles. The van der Waals surface area contributed by atoms with Gasteiger partial charge in [-0.3, -0.25) is 4.79 Å². The van der Waals surface area contributed by atoms with E-state index in [0.29, 0.717) is 26.3 Å². The lowest BCUT2D eigenvalue weighted by Gasteiger charge is -2.37. The van der Waals surface area contributed by atoms with Crippen molar-refractivity contribution >= 4 is 5.97 Å². The number of carbonyl (C=O) groups is 1. The number of ether oxygens (including phenoxy) is 1. The van der Waals surface area contributed by atoms with Gasteiger partial charge in [0, 0.05) is 13.1 Å². The van der Waals surface area contributed by atoms with Gasteiger partial charge in [0.05, 0.1) is 13.2 Å². The molecule has 18 heavy (non-hydrogen) atoms. The molecule has 1 aliphatic heterocycles. The molecule has 0 bridgehead atoms. The second kappa shape index (κ2) is 5.08. The van der Waals surface area contributed by atoms with Crippen molar-refractivity contribution in [3.05, 3.63) is 34.9 Å². The van der Waals surface area contributed by atoms with Crippen LogP contribution in [-0.4, -0.2) is 30.8 Å². The summed E-state index contributed by atoms with van der Waals surface area (Å²) in [6.45, 7) is 5.89. The quantitative estimate of drug-likeness (QED) is 0.830. The van der Waals surface area contributed by atoms with Gasteiger partial charge < -0.3 is 15.2 Å². The third kappa shape index (κ3) is 2.54. The van der Waals surface area contributed by atoms with Crippen molar-refractivity contribution < 1.29 is 14.6 Å². The van der Waals surface area contributed by atoms with Crippen LogP contribution in [0, 0.1) is 19.3 Å². The fraction of sp³-hybridized carbons (Fsp3) is 0.500. The molecule has 98 valence electrons. The van der Waals surface area contributed by atoms with Gasteiger partial charge in [0.25, 0.3) is 0 Å². The molecule has 0 radical (unpaired) electrons. The average molecular weight is 249 g/mol.